The average molecular weight is 965 g/mol. The third-order valence-electron chi connectivity index (χ3n) is 12.8. The number of aromatic nitrogens is 4. The smallest absolute Gasteiger partial charge is 0.308 e. The van der Waals surface area contributed by atoms with Crippen molar-refractivity contribution in [1.29, 1.82) is 10.5 Å². The van der Waals surface area contributed by atoms with Crippen molar-refractivity contribution in [1.82, 2.24) is 19.5 Å². The zero-order chi connectivity index (χ0) is 50.4. The van der Waals surface area contributed by atoms with Crippen LogP contribution in [-0.2, 0) is 12.4 Å². The number of halogens is 6. The average Bonchev–Trinajstić information content (AvgIpc) is 3.75. The van der Waals surface area contributed by atoms with Gasteiger partial charge in [0.15, 0.2) is 17.5 Å². The summed E-state index contributed by atoms with van der Waals surface area (Å²) in [6.45, 7) is 0. The molecule has 0 N–H and O–H groups in total. The standard InChI is InChI=1S/C61H34F6N6/c62-60(63,64)48-23-17-39(18-24-48)50-33-47(59-71-57(41-11-3-1-4-12-41)70-58(72-59)42-13-5-2-6-14-42)34-51(40-19-25-49(26-20-40)61(65,66)67)56(50)73-54-27-21-45(43-15-7-9-37(29-43)35-68)31-52(54)53-32-46(22-28-55(53)73)44-16-8-10-38(30-44)36-69/h1-34H. The van der Waals surface area contributed by atoms with E-state index in [4.69, 9.17) is 15.0 Å². The van der Waals surface area contributed by atoms with E-state index < -0.39 is 23.5 Å². The summed E-state index contributed by atoms with van der Waals surface area (Å²) in [6.07, 6.45) is -9.30. The molecular weight excluding hydrogens is 931 g/mol. The molecule has 0 saturated heterocycles. The first-order chi connectivity index (χ1) is 35.3. The molecule has 11 aromatic rings. The first-order valence-electron chi connectivity index (χ1n) is 22.8. The number of fused-ring (bicyclic) bond motifs is 3. The van der Waals surface area contributed by atoms with Crippen LogP contribution in [0, 0.1) is 22.7 Å². The van der Waals surface area contributed by atoms with Crippen molar-refractivity contribution >= 4 is 21.8 Å². The fourth-order valence-electron chi connectivity index (χ4n) is 9.22. The Balaban J connectivity index is 1.27. The third kappa shape index (κ3) is 8.83. The van der Waals surface area contributed by atoms with Gasteiger partial charge in [0.25, 0.3) is 0 Å². The zero-order valence-corrected chi connectivity index (χ0v) is 38.1. The number of alkyl halides is 6. The second kappa shape index (κ2) is 18.3. The Morgan fingerprint density at radius 1 is 0.342 bits per heavy atom. The van der Waals surface area contributed by atoms with Crippen LogP contribution in [0.4, 0.5) is 26.3 Å². The third-order valence-corrected chi connectivity index (χ3v) is 12.8. The Bertz CT molecular complexity index is 3750. The first-order valence-corrected chi connectivity index (χ1v) is 22.8. The van der Waals surface area contributed by atoms with E-state index in [2.05, 4.69) is 12.1 Å². The lowest BCUT2D eigenvalue weighted by atomic mass is 9.91. The Hall–Kier alpha value is -9.65. The summed E-state index contributed by atoms with van der Waals surface area (Å²) in [7, 11) is 0. The van der Waals surface area contributed by atoms with E-state index in [-0.39, 0.29) is 5.82 Å². The van der Waals surface area contributed by atoms with Gasteiger partial charge in [-0.2, -0.15) is 36.9 Å². The summed E-state index contributed by atoms with van der Waals surface area (Å²) in [6, 6.07) is 62.2. The maximum absolute atomic E-state index is 14.3. The molecule has 0 bridgehead atoms. The Labute approximate surface area is 414 Å². The zero-order valence-electron chi connectivity index (χ0n) is 38.1. The monoisotopic (exact) mass is 964 g/mol. The molecule has 0 saturated carbocycles. The molecule has 0 radical (unpaired) electrons. The largest absolute Gasteiger partial charge is 0.416 e. The van der Waals surface area contributed by atoms with Crippen LogP contribution >= 0.6 is 0 Å². The first kappa shape index (κ1) is 45.8. The summed E-state index contributed by atoms with van der Waals surface area (Å²) >= 11 is 0. The van der Waals surface area contributed by atoms with Crippen molar-refractivity contribution in [3.8, 4) is 96.5 Å². The molecular formula is C61H34F6N6. The topological polar surface area (TPSA) is 91.2 Å². The summed E-state index contributed by atoms with van der Waals surface area (Å²) in [5.74, 6) is 0.891. The highest BCUT2D eigenvalue weighted by Gasteiger charge is 2.32. The van der Waals surface area contributed by atoms with Crippen molar-refractivity contribution < 1.29 is 26.3 Å². The highest BCUT2D eigenvalue weighted by Crippen LogP contribution is 2.46. The van der Waals surface area contributed by atoms with Gasteiger partial charge in [0.2, 0.25) is 0 Å². The number of hydrogen-bond acceptors (Lipinski definition) is 5. The molecule has 0 unspecified atom stereocenters. The van der Waals surface area contributed by atoms with Crippen LogP contribution in [0.3, 0.4) is 0 Å². The van der Waals surface area contributed by atoms with Crippen molar-refractivity contribution in [2.24, 2.45) is 0 Å². The molecule has 0 aliphatic heterocycles. The van der Waals surface area contributed by atoms with Crippen LogP contribution in [0.5, 0.6) is 0 Å². The molecule has 0 fully saturated rings. The minimum atomic E-state index is -4.65. The van der Waals surface area contributed by atoms with Gasteiger partial charge in [-0.05, 0) is 118 Å². The van der Waals surface area contributed by atoms with Crippen molar-refractivity contribution in [3.05, 3.63) is 229 Å². The van der Waals surface area contributed by atoms with Crippen molar-refractivity contribution in [2.75, 3.05) is 0 Å². The lowest BCUT2D eigenvalue weighted by Crippen LogP contribution is -2.06. The summed E-state index contributed by atoms with van der Waals surface area (Å²) in [5.41, 5.74) is 7.44. The summed E-state index contributed by atoms with van der Waals surface area (Å²) in [5, 5.41) is 21.1. The number of nitrogens with zero attached hydrogens (tertiary/aromatic N) is 6. The summed E-state index contributed by atoms with van der Waals surface area (Å²) < 4.78 is 87.6. The van der Waals surface area contributed by atoms with Crippen LogP contribution in [0.2, 0.25) is 0 Å². The minimum Gasteiger partial charge on any atom is -0.308 e. The van der Waals surface area contributed by atoms with Crippen LogP contribution in [0.1, 0.15) is 22.3 Å². The molecule has 0 amide bonds. The molecule has 0 atom stereocenters. The molecule has 12 heteroatoms. The maximum atomic E-state index is 14.3. The van der Waals surface area contributed by atoms with Crippen LogP contribution in [0.15, 0.2) is 206 Å². The Morgan fingerprint density at radius 3 is 1.08 bits per heavy atom. The van der Waals surface area contributed by atoms with Crippen LogP contribution in [-0.4, -0.2) is 19.5 Å². The Morgan fingerprint density at radius 2 is 0.699 bits per heavy atom. The SMILES string of the molecule is N#Cc1cccc(-c2ccc3c(c2)c2cc(-c4cccc(C#N)c4)ccc2n3-c2c(-c3ccc(C(F)(F)F)cc3)cc(-c3nc(-c4ccccc4)nc(-c4ccccc4)n3)cc2-c2ccc(C(F)(F)F)cc2)c1. The highest BCUT2D eigenvalue weighted by atomic mass is 19.4. The molecule has 0 spiro atoms. The van der Waals surface area contributed by atoms with Gasteiger partial charge in [-0.3, -0.25) is 0 Å². The minimum absolute atomic E-state index is 0.205. The number of rotatable bonds is 8. The lowest BCUT2D eigenvalue weighted by molar-refractivity contribution is -0.138. The van der Waals surface area contributed by atoms with E-state index in [1.807, 2.05) is 114 Å². The molecule has 0 aliphatic rings. The maximum Gasteiger partial charge on any atom is 0.416 e. The molecule has 9 aromatic carbocycles. The number of nitriles is 2. The van der Waals surface area contributed by atoms with Gasteiger partial charge < -0.3 is 4.57 Å². The number of benzene rings is 9. The molecule has 73 heavy (non-hydrogen) atoms. The second-order valence-corrected chi connectivity index (χ2v) is 17.3. The second-order valence-electron chi connectivity index (χ2n) is 17.3. The molecule has 350 valence electrons. The fraction of sp³-hybridized carbons (Fsp3) is 0.0328. The quantitative estimate of drug-likeness (QED) is 0.142. The highest BCUT2D eigenvalue weighted by molar-refractivity contribution is 6.13. The van der Waals surface area contributed by atoms with E-state index in [9.17, 15) is 36.9 Å². The van der Waals surface area contributed by atoms with Gasteiger partial charge in [0.1, 0.15) is 0 Å². The molecule has 6 nitrogen and oxygen atoms in total. The van der Waals surface area contributed by atoms with E-state index in [0.29, 0.717) is 78.4 Å². The predicted molar refractivity (Wildman–Crippen MR) is 272 cm³/mol. The van der Waals surface area contributed by atoms with E-state index in [0.717, 1.165) is 57.3 Å². The van der Waals surface area contributed by atoms with E-state index >= 15 is 0 Å². The normalized spacial score (nSPS) is 11.7. The Kier molecular flexibility index (Phi) is 11.5. The summed E-state index contributed by atoms with van der Waals surface area (Å²) in [4.78, 5) is 14.8. The van der Waals surface area contributed by atoms with Crippen LogP contribution < -0.4 is 0 Å². The van der Waals surface area contributed by atoms with Gasteiger partial charge >= 0.3 is 12.4 Å². The van der Waals surface area contributed by atoms with Gasteiger partial charge in [-0.15, -0.1) is 0 Å². The van der Waals surface area contributed by atoms with Crippen molar-refractivity contribution in [2.45, 2.75) is 12.4 Å². The molecule has 11 rings (SSSR count). The van der Waals surface area contributed by atoms with Gasteiger partial charge in [0.05, 0.1) is 51.1 Å². The van der Waals surface area contributed by atoms with Crippen molar-refractivity contribution in [3.63, 3.8) is 0 Å². The molecule has 2 aromatic heterocycles. The molecule has 2 heterocycles. The predicted octanol–water partition coefficient (Wildman–Crippen LogP) is 16.4. The van der Waals surface area contributed by atoms with Crippen LogP contribution in [0.25, 0.3) is 106 Å². The van der Waals surface area contributed by atoms with E-state index in [1.54, 1.807) is 48.5 Å². The van der Waals surface area contributed by atoms with Gasteiger partial charge in [-0.1, -0.05) is 121 Å². The fourth-order valence-corrected chi connectivity index (χ4v) is 9.22. The van der Waals surface area contributed by atoms with Gasteiger partial charge in [0, 0.05) is 38.6 Å². The number of hydrogen-bond donors (Lipinski definition) is 0. The van der Waals surface area contributed by atoms with E-state index in [1.165, 1.54) is 24.3 Å². The van der Waals surface area contributed by atoms with Gasteiger partial charge in [-0.25, -0.2) is 15.0 Å². The molecule has 0 aliphatic carbocycles. The lowest BCUT2D eigenvalue weighted by Gasteiger charge is -2.22.